The maximum Gasteiger partial charge on any atom is 0.253 e. The van der Waals surface area contributed by atoms with E-state index in [0.717, 1.165) is 11.1 Å². The lowest BCUT2D eigenvalue weighted by atomic mass is 10.0. The van der Waals surface area contributed by atoms with Crippen molar-refractivity contribution in [2.24, 2.45) is 0 Å². The third kappa shape index (κ3) is 3.52. The molecule has 2 amide bonds. The lowest BCUT2D eigenvalue weighted by molar-refractivity contribution is 0.0827. The molecule has 0 aliphatic carbocycles. The molecule has 2 aromatic carbocycles. The standard InChI is InChI=1S/C18H20N2O2/c1-4-19-17(21)16-7-5-6-15(12-16)13-8-10-14(11-9-13)18(22)20(2)3/h5-12H,4H2,1-3H3,(H,19,21). The molecule has 0 saturated heterocycles. The van der Waals surface area contributed by atoms with E-state index in [4.69, 9.17) is 0 Å². The summed E-state index contributed by atoms with van der Waals surface area (Å²) in [5, 5.41) is 2.79. The minimum absolute atomic E-state index is 0.0253. The first-order valence-electron chi connectivity index (χ1n) is 7.23. The summed E-state index contributed by atoms with van der Waals surface area (Å²) in [6.45, 7) is 2.49. The predicted molar refractivity (Wildman–Crippen MR) is 87.9 cm³/mol. The SMILES string of the molecule is CCNC(=O)c1cccc(-c2ccc(C(=O)N(C)C)cc2)c1. The molecule has 22 heavy (non-hydrogen) atoms. The van der Waals surface area contributed by atoms with Gasteiger partial charge in [0.2, 0.25) is 0 Å². The molecule has 0 unspecified atom stereocenters. The van der Waals surface area contributed by atoms with Gasteiger partial charge in [-0.3, -0.25) is 9.59 Å². The first-order chi connectivity index (χ1) is 10.5. The largest absolute Gasteiger partial charge is 0.352 e. The van der Waals surface area contributed by atoms with Gasteiger partial charge in [0, 0.05) is 31.8 Å². The summed E-state index contributed by atoms with van der Waals surface area (Å²) in [5.41, 5.74) is 3.20. The Kier molecular flexibility index (Phi) is 4.94. The molecule has 0 bridgehead atoms. The highest BCUT2D eigenvalue weighted by molar-refractivity contribution is 5.96. The van der Waals surface area contributed by atoms with Crippen molar-refractivity contribution in [1.29, 1.82) is 0 Å². The van der Waals surface area contributed by atoms with Crippen molar-refractivity contribution in [3.05, 3.63) is 59.7 Å². The minimum Gasteiger partial charge on any atom is -0.352 e. The van der Waals surface area contributed by atoms with Crippen LogP contribution in [0.3, 0.4) is 0 Å². The van der Waals surface area contributed by atoms with Gasteiger partial charge in [0.25, 0.3) is 11.8 Å². The summed E-state index contributed by atoms with van der Waals surface area (Å²) in [5.74, 6) is -0.105. The van der Waals surface area contributed by atoms with E-state index in [-0.39, 0.29) is 11.8 Å². The van der Waals surface area contributed by atoms with Crippen LogP contribution in [0.25, 0.3) is 11.1 Å². The molecule has 4 heteroatoms. The molecule has 2 aromatic rings. The number of carbonyl (C=O) groups is 2. The van der Waals surface area contributed by atoms with E-state index in [0.29, 0.717) is 17.7 Å². The van der Waals surface area contributed by atoms with E-state index < -0.39 is 0 Å². The van der Waals surface area contributed by atoms with Gasteiger partial charge in [-0.15, -0.1) is 0 Å². The van der Waals surface area contributed by atoms with E-state index in [9.17, 15) is 9.59 Å². The second-order valence-corrected chi connectivity index (χ2v) is 5.22. The summed E-state index contributed by atoms with van der Waals surface area (Å²) in [6, 6.07) is 14.9. The van der Waals surface area contributed by atoms with Crippen LogP contribution in [-0.4, -0.2) is 37.4 Å². The van der Waals surface area contributed by atoms with E-state index in [1.807, 2.05) is 37.3 Å². The molecular formula is C18H20N2O2. The Morgan fingerprint density at radius 1 is 0.955 bits per heavy atom. The van der Waals surface area contributed by atoms with Crippen LogP contribution in [0.1, 0.15) is 27.6 Å². The van der Waals surface area contributed by atoms with Crippen molar-refractivity contribution in [3.8, 4) is 11.1 Å². The van der Waals surface area contributed by atoms with Crippen LogP contribution >= 0.6 is 0 Å². The first kappa shape index (κ1) is 15.8. The number of benzene rings is 2. The Hall–Kier alpha value is -2.62. The molecule has 1 N–H and O–H groups in total. The lowest BCUT2D eigenvalue weighted by Gasteiger charge is -2.11. The fourth-order valence-corrected chi connectivity index (χ4v) is 2.17. The van der Waals surface area contributed by atoms with Gasteiger partial charge in [-0.05, 0) is 42.3 Å². The fraction of sp³-hybridized carbons (Fsp3) is 0.222. The van der Waals surface area contributed by atoms with Crippen LogP contribution in [-0.2, 0) is 0 Å². The normalized spacial score (nSPS) is 10.1. The van der Waals surface area contributed by atoms with E-state index in [1.165, 1.54) is 0 Å². The number of nitrogens with one attached hydrogen (secondary N) is 1. The van der Waals surface area contributed by atoms with Gasteiger partial charge < -0.3 is 10.2 Å². The molecule has 0 aromatic heterocycles. The molecule has 0 heterocycles. The van der Waals surface area contributed by atoms with Crippen molar-refractivity contribution in [2.75, 3.05) is 20.6 Å². The number of carbonyl (C=O) groups excluding carboxylic acids is 2. The second-order valence-electron chi connectivity index (χ2n) is 5.22. The Balaban J connectivity index is 2.27. The molecule has 2 rings (SSSR count). The molecule has 4 nitrogen and oxygen atoms in total. The zero-order valence-electron chi connectivity index (χ0n) is 13.1. The maximum absolute atomic E-state index is 11.9. The van der Waals surface area contributed by atoms with Crippen LogP contribution in [0.4, 0.5) is 0 Å². The Morgan fingerprint density at radius 3 is 2.23 bits per heavy atom. The summed E-state index contributed by atoms with van der Waals surface area (Å²) in [4.78, 5) is 25.3. The van der Waals surface area contributed by atoms with Crippen molar-refractivity contribution in [1.82, 2.24) is 10.2 Å². The van der Waals surface area contributed by atoms with Crippen LogP contribution in [0.2, 0.25) is 0 Å². The summed E-state index contributed by atoms with van der Waals surface area (Å²) < 4.78 is 0. The smallest absolute Gasteiger partial charge is 0.253 e. The summed E-state index contributed by atoms with van der Waals surface area (Å²) in [6.07, 6.45) is 0. The molecule has 0 spiro atoms. The highest BCUT2D eigenvalue weighted by atomic mass is 16.2. The molecule has 0 aliphatic heterocycles. The monoisotopic (exact) mass is 296 g/mol. The summed E-state index contributed by atoms with van der Waals surface area (Å²) in [7, 11) is 3.46. The minimum atomic E-state index is -0.0799. The average molecular weight is 296 g/mol. The number of amides is 2. The Labute approximate surface area is 130 Å². The topological polar surface area (TPSA) is 49.4 Å². The zero-order chi connectivity index (χ0) is 16.1. The summed E-state index contributed by atoms with van der Waals surface area (Å²) >= 11 is 0. The van der Waals surface area contributed by atoms with Gasteiger partial charge in [-0.1, -0.05) is 24.3 Å². The molecule has 0 fully saturated rings. The van der Waals surface area contributed by atoms with Crippen LogP contribution in [0, 0.1) is 0 Å². The fourth-order valence-electron chi connectivity index (χ4n) is 2.17. The van der Waals surface area contributed by atoms with Gasteiger partial charge in [-0.25, -0.2) is 0 Å². The van der Waals surface area contributed by atoms with Crippen molar-refractivity contribution in [3.63, 3.8) is 0 Å². The van der Waals surface area contributed by atoms with Gasteiger partial charge in [-0.2, -0.15) is 0 Å². The Morgan fingerprint density at radius 2 is 1.64 bits per heavy atom. The molecule has 0 radical (unpaired) electrons. The number of hydrogen-bond acceptors (Lipinski definition) is 2. The third-order valence-corrected chi connectivity index (χ3v) is 3.33. The van der Waals surface area contributed by atoms with Gasteiger partial charge in [0.1, 0.15) is 0 Å². The molecule has 0 saturated carbocycles. The Bertz CT molecular complexity index is 676. The predicted octanol–water partition coefficient (Wildman–Crippen LogP) is 2.81. The van der Waals surface area contributed by atoms with Crippen molar-refractivity contribution in [2.45, 2.75) is 6.92 Å². The second kappa shape index (κ2) is 6.89. The molecule has 0 aliphatic rings. The zero-order valence-corrected chi connectivity index (χ0v) is 13.1. The quantitative estimate of drug-likeness (QED) is 0.943. The van der Waals surface area contributed by atoms with E-state index in [2.05, 4.69) is 5.32 Å². The van der Waals surface area contributed by atoms with Crippen LogP contribution in [0.15, 0.2) is 48.5 Å². The van der Waals surface area contributed by atoms with Gasteiger partial charge in [0.15, 0.2) is 0 Å². The maximum atomic E-state index is 11.9. The lowest BCUT2D eigenvalue weighted by Crippen LogP contribution is -2.22. The number of rotatable bonds is 4. The highest BCUT2D eigenvalue weighted by Crippen LogP contribution is 2.21. The highest BCUT2D eigenvalue weighted by Gasteiger charge is 2.09. The van der Waals surface area contributed by atoms with Crippen molar-refractivity contribution < 1.29 is 9.59 Å². The van der Waals surface area contributed by atoms with Crippen LogP contribution in [0.5, 0.6) is 0 Å². The van der Waals surface area contributed by atoms with E-state index in [1.54, 1.807) is 37.2 Å². The molecule has 0 atom stereocenters. The van der Waals surface area contributed by atoms with Crippen molar-refractivity contribution >= 4 is 11.8 Å². The van der Waals surface area contributed by atoms with E-state index >= 15 is 0 Å². The first-order valence-corrected chi connectivity index (χ1v) is 7.23. The van der Waals surface area contributed by atoms with Crippen LogP contribution < -0.4 is 5.32 Å². The number of hydrogen-bond donors (Lipinski definition) is 1. The molecular weight excluding hydrogens is 276 g/mol. The van der Waals surface area contributed by atoms with Gasteiger partial charge in [0.05, 0.1) is 0 Å². The molecule has 114 valence electrons. The third-order valence-electron chi connectivity index (χ3n) is 3.33. The van der Waals surface area contributed by atoms with Gasteiger partial charge >= 0.3 is 0 Å². The average Bonchev–Trinajstić information content (AvgIpc) is 2.54. The number of nitrogens with zero attached hydrogens (tertiary/aromatic N) is 1.